The largest absolute Gasteiger partial charge is 0.469 e. The summed E-state index contributed by atoms with van der Waals surface area (Å²) in [6.07, 6.45) is 2.93. The minimum Gasteiger partial charge on any atom is -0.469 e. The Morgan fingerprint density at radius 1 is 1.17 bits per heavy atom. The van der Waals surface area contributed by atoms with Crippen LogP contribution in [0.3, 0.4) is 0 Å². The lowest BCUT2D eigenvalue weighted by molar-refractivity contribution is -0.140. The maximum Gasteiger partial charge on any atom is 0.305 e. The Balaban J connectivity index is 1.81. The number of ether oxygens (including phenoxy) is 1. The van der Waals surface area contributed by atoms with Crippen molar-refractivity contribution in [2.24, 2.45) is 0 Å². The zero-order valence-corrected chi connectivity index (χ0v) is 14.8. The van der Waals surface area contributed by atoms with Gasteiger partial charge in [0.15, 0.2) is 0 Å². The predicted octanol–water partition coefficient (Wildman–Crippen LogP) is 3.58. The molecule has 1 heterocycles. The standard InChI is InChI=1S/C18H22N2O3S/c1-13-16(24-18(20-13)14-9-5-3-6-10-14)17(22)19-12-8-4-7-11-15(21)23-2/h3,5-6,9-10H,4,7-8,11-12H2,1-2H3,(H,19,22). The fourth-order valence-electron chi connectivity index (χ4n) is 2.27. The monoisotopic (exact) mass is 346 g/mol. The second-order valence-electron chi connectivity index (χ2n) is 5.44. The first kappa shape index (κ1) is 18.1. The van der Waals surface area contributed by atoms with Gasteiger partial charge in [0.05, 0.1) is 12.8 Å². The topological polar surface area (TPSA) is 68.3 Å². The van der Waals surface area contributed by atoms with E-state index in [1.54, 1.807) is 0 Å². The molecule has 0 fully saturated rings. The summed E-state index contributed by atoms with van der Waals surface area (Å²) in [5.41, 5.74) is 1.77. The molecule has 6 heteroatoms. The van der Waals surface area contributed by atoms with E-state index >= 15 is 0 Å². The van der Waals surface area contributed by atoms with E-state index in [2.05, 4.69) is 15.0 Å². The predicted molar refractivity (Wildman–Crippen MR) is 95.1 cm³/mol. The van der Waals surface area contributed by atoms with Crippen molar-refractivity contribution in [1.29, 1.82) is 0 Å². The maximum absolute atomic E-state index is 12.3. The van der Waals surface area contributed by atoms with Crippen LogP contribution in [-0.4, -0.2) is 30.5 Å². The average Bonchev–Trinajstić information content (AvgIpc) is 3.00. The molecule has 128 valence electrons. The molecule has 5 nitrogen and oxygen atoms in total. The Labute approximate surface area is 146 Å². The lowest BCUT2D eigenvalue weighted by atomic mass is 10.2. The van der Waals surface area contributed by atoms with Crippen molar-refractivity contribution >= 4 is 23.2 Å². The number of esters is 1. The molecular formula is C18H22N2O3S. The first-order valence-electron chi connectivity index (χ1n) is 7.99. The van der Waals surface area contributed by atoms with Crippen LogP contribution in [0.2, 0.25) is 0 Å². The molecule has 1 N–H and O–H groups in total. The SMILES string of the molecule is COC(=O)CCCCCNC(=O)c1sc(-c2ccccc2)nc1C. The summed E-state index contributed by atoms with van der Waals surface area (Å²) < 4.78 is 4.59. The van der Waals surface area contributed by atoms with Crippen molar-refractivity contribution < 1.29 is 14.3 Å². The van der Waals surface area contributed by atoms with Gasteiger partial charge >= 0.3 is 5.97 Å². The van der Waals surface area contributed by atoms with E-state index < -0.39 is 0 Å². The van der Waals surface area contributed by atoms with Gasteiger partial charge in [-0.2, -0.15) is 0 Å². The number of aryl methyl sites for hydroxylation is 1. The van der Waals surface area contributed by atoms with E-state index in [9.17, 15) is 9.59 Å². The molecule has 0 aliphatic heterocycles. The molecule has 1 amide bonds. The number of benzene rings is 1. The fourth-order valence-corrected chi connectivity index (χ4v) is 3.25. The third kappa shape index (κ3) is 5.16. The van der Waals surface area contributed by atoms with Gasteiger partial charge in [0, 0.05) is 18.5 Å². The summed E-state index contributed by atoms with van der Waals surface area (Å²) in [6, 6.07) is 9.85. The number of nitrogens with one attached hydrogen (secondary N) is 1. The van der Waals surface area contributed by atoms with Crippen molar-refractivity contribution in [3.05, 3.63) is 40.9 Å². The molecule has 1 aromatic carbocycles. The smallest absolute Gasteiger partial charge is 0.305 e. The third-order valence-corrected chi connectivity index (χ3v) is 4.80. The summed E-state index contributed by atoms with van der Waals surface area (Å²) in [5, 5.41) is 3.78. The minimum atomic E-state index is -0.187. The summed E-state index contributed by atoms with van der Waals surface area (Å²) in [5.74, 6) is -0.270. The molecule has 0 saturated heterocycles. The van der Waals surface area contributed by atoms with Crippen molar-refractivity contribution in [2.45, 2.75) is 32.6 Å². The molecule has 0 unspecified atom stereocenters. The van der Waals surface area contributed by atoms with E-state index in [1.807, 2.05) is 37.3 Å². The first-order chi connectivity index (χ1) is 11.6. The number of carbonyl (C=O) groups excluding carboxylic acids is 2. The van der Waals surface area contributed by atoms with Crippen LogP contribution in [0.15, 0.2) is 30.3 Å². The molecule has 0 aliphatic carbocycles. The van der Waals surface area contributed by atoms with Gasteiger partial charge in [-0.15, -0.1) is 11.3 Å². The van der Waals surface area contributed by atoms with Gasteiger partial charge in [-0.1, -0.05) is 36.8 Å². The lowest BCUT2D eigenvalue weighted by Crippen LogP contribution is -2.24. The average molecular weight is 346 g/mol. The van der Waals surface area contributed by atoms with Crippen LogP contribution >= 0.6 is 11.3 Å². The van der Waals surface area contributed by atoms with Crippen molar-refractivity contribution in [2.75, 3.05) is 13.7 Å². The molecular weight excluding hydrogens is 324 g/mol. The number of hydrogen-bond donors (Lipinski definition) is 1. The van der Waals surface area contributed by atoms with Crippen LogP contribution in [0.25, 0.3) is 10.6 Å². The maximum atomic E-state index is 12.3. The second kappa shape index (κ2) is 9.17. The number of thiazole rings is 1. The molecule has 0 bridgehead atoms. The number of hydrogen-bond acceptors (Lipinski definition) is 5. The fraction of sp³-hybridized carbons (Fsp3) is 0.389. The minimum absolute atomic E-state index is 0.0832. The van der Waals surface area contributed by atoms with Crippen molar-refractivity contribution in [1.82, 2.24) is 10.3 Å². The molecule has 0 spiro atoms. The Bertz CT molecular complexity index is 683. The molecule has 1 aromatic heterocycles. The highest BCUT2D eigenvalue weighted by Gasteiger charge is 2.15. The molecule has 2 rings (SSSR count). The number of aromatic nitrogens is 1. The Morgan fingerprint density at radius 2 is 1.92 bits per heavy atom. The highest BCUT2D eigenvalue weighted by molar-refractivity contribution is 7.17. The Morgan fingerprint density at radius 3 is 2.62 bits per heavy atom. The van der Waals surface area contributed by atoms with Gasteiger partial charge in [0.25, 0.3) is 5.91 Å². The number of methoxy groups -OCH3 is 1. The van der Waals surface area contributed by atoms with Gasteiger partial charge in [0.1, 0.15) is 9.88 Å². The van der Waals surface area contributed by atoms with Gasteiger partial charge < -0.3 is 10.1 Å². The molecule has 0 atom stereocenters. The van der Waals surface area contributed by atoms with E-state index in [-0.39, 0.29) is 11.9 Å². The summed E-state index contributed by atoms with van der Waals surface area (Å²) in [4.78, 5) is 28.4. The van der Waals surface area contributed by atoms with Crippen molar-refractivity contribution in [3.63, 3.8) is 0 Å². The lowest BCUT2D eigenvalue weighted by Gasteiger charge is -2.04. The zero-order valence-electron chi connectivity index (χ0n) is 14.0. The van der Waals surface area contributed by atoms with Crippen molar-refractivity contribution in [3.8, 4) is 10.6 Å². The van der Waals surface area contributed by atoms with Crippen LogP contribution in [0.1, 0.15) is 41.0 Å². The highest BCUT2D eigenvalue weighted by Crippen LogP contribution is 2.27. The molecule has 0 aliphatic rings. The van der Waals surface area contributed by atoms with Gasteiger partial charge in [-0.05, 0) is 19.8 Å². The molecule has 2 aromatic rings. The van der Waals surface area contributed by atoms with E-state index in [0.29, 0.717) is 17.8 Å². The Kier molecular flexibility index (Phi) is 6.93. The molecule has 0 radical (unpaired) electrons. The number of carbonyl (C=O) groups is 2. The normalized spacial score (nSPS) is 10.4. The number of nitrogens with zero attached hydrogens (tertiary/aromatic N) is 1. The third-order valence-electron chi connectivity index (χ3n) is 3.59. The highest BCUT2D eigenvalue weighted by atomic mass is 32.1. The molecule has 24 heavy (non-hydrogen) atoms. The Hall–Kier alpha value is -2.21. The number of unbranched alkanes of at least 4 members (excludes halogenated alkanes) is 2. The molecule has 0 saturated carbocycles. The number of amides is 1. The van der Waals surface area contributed by atoms with E-state index in [1.165, 1.54) is 18.4 Å². The summed E-state index contributed by atoms with van der Waals surface area (Å²) >= 11 is 1.41. The van der Waals surface area contributed by atoms with Crippen LogP contribution in [0, 0.1) is 6.92 Å². The van der Waals surface area contributed by atoms with E-state index in [0.717, 1.165) is 35.5 Å². The van der Waals surface area contributed by atoms with Gasteiger partial charge in [-0.25, -0.2) is 4.98 Å². The first-order valence-corrected chi connectivity index (χ1v) is 8.81. The van der Waals surface area contributed by atoms with Gasteiger partial charge in [-0.3, -0.25) is 9.59 Å². The quantitative estimate of drug-likeness (QED) is 0.586. The zero-order chi connectivity index (χ0) is 17.4. The summed E-state index contributed by atoms with van der Waals surface area (Å²) in [6.45, 7) is 2.45. The number of rotatable bonds is 8. The van der Waals surface area contributed by atoms with Crippen LogP contribution in [0.4, 0.5) is 0 Å². The van der Waals surface area contributed by atoms with Crippen LogP contribution < -0.4 is 5.32 Å². The summed E-state index contributed by atoms with van der Waals surface area (Å²) in [7, 11) is 1.39. The van der Waals surface area contributed by atoms with E-state index in [4.69, 9.17) is 0 Å². The van der Waals surface area contributed by atoms with Gasteiger partial charge in [0.2, 0.25) is 0 Å². The van der Waals surface area contributed by atoms with Crippen LogP contribution in [0.5, 0.6) is 0 Å². The second-order valence-corrected chi connectivity index (χ2v) is 6.44. The van der Waals surface area contributed by atoms with Crippen LogP contribution in [-0.2, 0) is 9.53 Å².